The van der Waals surface area contributed by atoms with Crippen molar-refractivity contribution >= 4 is 22.1 Å². The van der Waals surface area contributed by atoms with Crippen LogP contribution in [0.4, 0.5) is 13.2 Å². The van der Waals surface area contributed by atoms with Gasteiger partial charge in [0.15, 0.2) is 6.61 Å². The molecule has 0 N–H and O–H groups in total. The number of hydrogen-bond acceptors (Lipinski definition) is 7. The third kappa shape index (κ3) is 2.59. The fourth-order valence-corrected chi connectivity index (χ4v) is 6.05. The lowest BCUT2D eigenvalue weighted by Crippen LogP contribution is -2.48. The molecule has 6 unspecified atom stereocenters. The van der Waals surface area contributed by atoms with E-state index in [1.807, 2.05) is 0 Å². The number of ether oxygens (including phenoxy) is 2. The molecule has 2 aliphatic carbocycles. The molecule has 2 bridgehead atoms. The first-order valence-corrected chi connectivity index (χ1v) is 8.51. The smallest absolute Gasteiger partial charge is 0.393 e. The lowest BCUT2D eigenvalue weighted by Gasteiger charge is -2.32. The van der Waals surface area contributed by atoms with Gasteiger partial charge in [0.05, 0.1) is 5.92 Å². The second-order valence-corrected chi connectivity index (χ2v) is 7.64. The molecule has 0 amide bonds. The van der Waals surface area contributed by atoms with Crippen molar-refractivity contribution in [2.45, 2.75) is 30.1 Å². The van der Waals surface area contributed by atoms with E-state index in [1.54, 1.807) is 0 Å². The van der Waals surface area contributed by atoms with E-state index in [0.717, 1.165) is 6.08 Å². The van der Waals surface area contributed by atoms with Gasteiger partial charge in [-0.1, -0.05) is 6.58 Å². The largest absolute Gasteiger partial charge is 0.457 e. The molecule has 3 fully saturated rings. The summed E-state index contributed by atoms with van der Waals surface area (Å²) in [5, 5.41) is -1.65. The minimum Gasteiger partial charge on any atom is -0.457 e. The molecular weight excluding hydrogens is 357 g/mol. The summed E-state index contributed by atoms with van der Waals surface area (Å²) >= 11 is 0. The highest BCUT2D eigenvalue weighted by Crippen LogP contribution is 2.62. The molecule has 3 aliphatic rings. The molecule has 2 saturated carbocycles. The Balaban J connectivity index is 1.78. The molecule has 11 heteroatoms. The fourth-order valence-electron chi connectivity index (χ4n) is 3.95. The van der Waals surface area contributed by atoms with Crippen LogP contribution in [-0.4, -0.2) is 50.6 Å². The lowest BCUT2D eigenvalue weighted by molar-refractivity contribution is -0.204. The van der Waals surface area contributed by atoms with Gasteiger partial charge in [0, 0.05) is 17.9 Å². The second kappa shape index (κ2) is 5.45. The van der Waals surface area contributed by atoms with Gasteiger partial charge in [0.2, 0.25) is 0 Å². The van der Waals surface area contributed by atoms with E-state index in [2.05, 4.69) is 11.3 Å². The van der Waals surface area contributed by atoms with Crippen LogP contribution in [0.3, 0.4) is 0 Å². The molecule has 0 spiro atoms. The predicted octanol–water partition coefficient (Wildman–Crippen LogP) is 0.553. The molecule has 0 aromatic heterocycles. The first-order valence-electron chi connectivity index (χ1n) is 7.03. The van der Waals surface area contributed by atoms with Crippen LogP contribution in [0.25, 0.3) is 0 Å². The van der Waals surface area contributed by atoms with Crippen LogP contribution < -0.4 is 0 Å². The zero-order chi connectivity index (χ0) is 17.9. The number of carbonyl (C=O) groups excluding carboxylic acids is 2. The first kappa shape index (κ1) is 17.2. The molecular formula is C13H13F3O7S. The van der Waals surface area contributed by atoms with E-state index in [-0.39, 0.29) is 6.42 Å². The molecule has 0 radical (unpaired) electrons. The second-order valence-electron chi connectivity index (χ2n) is 5.92. The van der Waals surface area contributed by atoms with Gasteiger partial charge in [-0.2, -0.15) is 21.6 Å². The minimum absolute atomic E-state index is 0.0524. The van der Waals surface area contributed by atoms with Gasteiger partial charge < -0.3 is 9.47 Å². The Kier molecular flexibility index (Phi) is 3.91. The van der Waals surface area contributed by atoms with E-state index in [4.69, 9.17) is 8.92 Å². The standard InChI is InChI=1S/C13H13F3O7S/c1-2-7(17)21-4-8(18)22-10-5-3-6-11(10)23-24(19,20)12(6)9(5)13(14,15)16/h2,5-6,9-12H,1,3-4H2. The van der Waals surface area contributed by atoms with Crippen LogP contribution in [0.15, 0.2) is 12.7 Å². The number of rotatable bonds is 4. The Morgan fingerprint density at radius 3 is 2.54 bits per heavy atom. The van der Waals surface area contributed by atoms with E-state index in [0.29, 0.717) is 0 Å². The van der Waals surface area contributed by atoms with Crippen molar-refractivity contribution in [1.29, 1.82) is 0 Å². The minimum atomic E-state index is -4.75. The molecule has 1 heterocycles. The number of fused-ring (bicyclic) bond motifs is 1. The molecule has 1 saturated heterocycles. The maximum absolute atomic E-state index is 13.3. The fraction of sp³-hybridized carbons (Fsp3) is 0.692. The van der Waals surface area contributed by atoms with Crippen molar-refractivity contribution in [2.75, 3.05) is 6.61 Å². The molecule has 1 aliphatic heterocycles. The summed E-state index contributed by atoms with van der Waals surface area (Å²) in [4.78, 5) is 22.5. The summed E-state index contributed by atoms with van der Waals surface area (Å²) in [7, 11) is -4.37. The van der Waals surface area contributed by atoms with Gasteiger partial charge in [-0.15, -0.1) is 0 Å². The van der Waals surface area contributed by atoms with Crippen LogP contribution in [0, 0.1) is 17.8 Å². The summed E-state index contributed by atoms with van der Waals surface area (Å²) in [5.41, 5.74) is 0. The Labute approximate surface area is 134 Å². The first-order chi connectivity index (χ1) is 11.1. The molecule has 6 atom stereocenters. The van der Waals surface area contributed by atoms with E-state index < -0.39 is 70.1 Å². The number of carbonyl (C=O) groups is 2. The van der Waals surface area contributed by atoms with Crippen molar-refractivity contribution in [2.24, 2.45) is 17.8 Å². The van der Waals surface area contributed by atoms with Crippen LogP contribution >= 0.6 is 0 Å². The zero-order valence-corrected chi connectivity index (χ0v) is 12.9. The van der Waals surface area contributed by atoms with Gasteiger partial charge in [0.1, 0.15) is 17.5 Å². The quantitative estimate of drug-likeness (QED) is 0.405. The van der Waals surface area contributed by atoms with E-state index in [1.165, 1.54) is 0 Å². The van der Waals surface area contributed by atoms with Crippen LogP contribution in [0.2, 0.25) is 0 Å². The number of esters is 2. The normalized spacial score (nSPS) is 38.8. The van der Waals surface area contributed by atoms with Crippen LogP contribution in [0.5, 0.6) is 0 Å². The lowest BCUT2D eigenvalue weighted by atomic mass is 9.84. The third-order valence-corrected chi connectivity index (χ3v) is 6.47. The monoisotopic (exact) mass is 370 g/mol. The molecule has 3 rings (SSSR count). The summed E-state index contributed by atoms with van der Waals surface area (Å²) in [5.74, 6) is -6.16. The average Bonchev–Trinajstić information content (AvgIpc) is 3.06. The Morgan fingerprint density at radius 1 is 1.29 bits per heavy atom. The van der Waals surface area contributed by atoms with Gasteiger partial charge >= 0.3 is 18.1 Å². The van der Waals surface area contributed by atoms with Crippen molar-refractivity contribution in [3.8, 4) is 0 Å². The highest BCUT2D eigenvalue weighted by atomic mass is 32.2. The average molecular weight is 370 g/mol. The van der Waals surface area contributed by atoms with Crippen molar-refractivity contribution in [3.63, 3.8) is 0 Å². The van der Waals surface area contributed by atoms with Crippen molar-refractivity contribution in [3.05, 3.63) is 12.7 Å². The van der Waals surface area contributed by atoms with Gasteiger partial charge in [0.25, 0.3) is 10.1 Å². The maximum atomic E-state index is 13.3. The summed E-state index contributed by atoms with van der Waals surface area (Å²) in [6.07, 6.45) is -6.46. The molecule has 0 aromatic carbocycles. The summed E-state index contributed by atoms with van der Waals surface area (Å²) in [6.45, 7) is 2.31. The van der Waals surface area contributed by atoms with Gasteiger partial charge in [-0.05, 0) is 6.42 Å². The Bertz CT molecular complexity index is 686. The van der Waals surface area contributed by atoms with Crippen LogP contribution in [-0.2, 0) is 33.4 Å². The number of halogens is 3. The van der Waals surface area contributed by atoms with Crippen LogP contribution in [0.1, 0.15) is 6.42 Å². The SMILES string of the molecule is C=CC(=O)OCC(=O)OC1C2CC3C1OS(=O)(=O)C3C2C(F)(F)F. The Morgan fingerprint density at radius 2 is 1.96 bits per heavy atom. The third-order valence-electron chi connectivity index (χ3n) is 4.67. The highest BCUT2D eigenvalue weighted by molar-refractivity contribution is 7.87. The molecule has 7 nitrogen and oxygen atoms in total. The maximum Gasteiger partial charge on any atom is 0.393 e. The zero-order valence-electron chi connectivity index (χ0n) is 12.1. The Hall–Kier alpha value is -1.62. The molecule has 24 heavy (non-hydrogen) atoms. The topological polar surface area (TPSA) is 96.0 Å². The highest BCUT2D eigenvalue weighted by Gasteiger charge is 2.75. The number of alkyl halides is 3. The summed E-state index contributed by atoms with van der Waals surface area (Å²) < 4.78 is 77.8. The molecule has 134 valence electrons. The molecule has 0 aromatic rings. The van der Waals surface area contributed by atoms with Gasteiger partial charge in [-0.3, -0.25) is 4.18 Å². The van der Waals surface area contributed by atoms with Gasteiger partial charge in [-0.25, -0.2) is 9.59 Å². The van der Waals surface area contributed by atoms with E-state index >= 15 is 0 Å². The van der Waals surface area contributed by atoms with E-state index in [9.17, 15) is 31.2 Å². The predicted molar refractivity (Wildman–Crippen MR) is 69.8 cm³/mol. The van der Waals surface area contributed by atoms with Crippen molar-refractivity contribution < 1.29 is 44.8 Å². The summed E-state index contributed by atoms with van der Waals surface area (Å²) in [6, 6.07) is 0. The van der Waals surface area contributed by atoms with Crippen molar-refractivity contribution in [1.82, 2.24) is 0 Å². The number of hydrogen-bond donors (Lipinski definition) is 0.